The molecule has 2 fully saturated rings. The maximum absolute atomic E-state index is 12.7. The van der Waals surface area contributed by atoms with Crippen molar-refractivity contribution >= 4 is 34.2 Å². The van der Waals surface area contributed by atoms with Crippen LogP contribution in [-0.2, 0) is 14.8 Å². The molecule has 1 aromatic rings. The molecule has 2 heterocycles. The Morgan fingerprint density at radius 3 is 2.77 bits per heavy atom. The van der Waals surface area contributed by atoms with Gasteiger partial charge in [0.05, 0.1) is 6.54 Å². The fourth-order valence-electron chi connectivity index (χ4n) is 4.25. The van der Waals surface area contributed by atoms with Gasteiger partial charge >= 0.3 is 0 Å². The van der Waals surface area contributed by atoms with Crippen molar-refractivity contribution < 1.29 is 13.2 Å². The van der Waals surface area contributed by atoms with Crippen LogP contribution in [0.25, 0.3) is 0 Å². The highest BCUT2D eigenvalue weighted by molar-refractivity contribution is 7.90. The Bertz CT molecular complexity index is 857. The Labute approximate surface area is 159 Å². The van der Waals surface area contributed by atoms with Crippen LogP contribution in [0.4, 0.5) is 0 Å². The molecule has 2 aliphatic heterocycles. The number of halogens is 1. The number of nitrogens with two attached hydrogens (primary N) is 1. The largest absolute Gasteiger partial charge is 0.349 e. The van der Waals surface area contributed by atoms with E-state index in [1.165, 1.54) is 0 Å². The molecule has 1 aromatic carbocycles. The Morgan fingerprint density at radius 2 is 2.04 bits per heavy atom. The molecule has 26 heavy (non-hydrogen) atoms. The average Bonchev–Trinajstić information content (AvgIpc) is 3.22. The second-order valence-electron chi connectivity index (χ2n) is 7.21. The summed E-state index contributed by atoms with van der Waals surface area (Å²) in [4.78, 5) is 16.3. The van der Waals surface area contributed by atoms with Crippen molar-refractivity contribution in [3.05, 3.63) is 29.8 Å². The van der Waals surface area contributed by atoms with E-state index in [4.69, 9.17) is 5.73 Å². The summed E-state index contributed by atoms with van der Waals surface area (Å²) < 4.78 is 28.2. The number of carbonyl (C=O) groups excluding carboxylic acids is 1. The number of likely N-dealkylation sites (tertiary alicyclic amines) is 1. The zero-order chi connectivity index (χ0) is 17.8. The van der Waals surface area contributed by atoms with Crippen molar-refractivity contribution in [1.29, 1.82) is 0 Å². The molecule has 1 aliphatic carbocycles. The molecule has 0 spiro atoms. The number of carbonyl (C=O) groups is 1. The van der Waals surface area contributed by atoms with Crippen molar-refractivity contribution in [3.63, 3.8) is 0 Å². The van der Waals surface area contributed by atoms with Crippen molar-refractivity contribution in [2.24, 2.45) is 22.0 Å². The number of likely N-dealkylation sites (N-methyl/N-ethyl adjacent to an activating group) is 1. The molecule has 142 valence electrons. The van der Waals surface area contributed by atoms with Gasteiger partial charge in [-0.3, -0.25) is 4.79 Å². The minimum absolute atomic E-state index is 0. The predicted octanol–water partition coefficient (Wildman–Crippen LogP) is 0.685. The van der Waals surface area contributed by atoms with E-state index in [1.807, 2.05) is 4.90 Å². The summed E-state index contributed by atoms with van der Waals surface area (Å²) in [5, 5.41) is 0. The van der Waals surface area contributed by atoms with Crippen molar-refractivity contribution in [3.8, 4) is 0 Å². The van der Waals surface area contributed by atoms with Crippen LogP contribution in [0.5, 0.6) is 0 Å². The standard InChI is InChI=1S/C17H22N4O3S.ClH/c1-20(17-12-4-2-3-5-15(12)25(23,24)19-17)10-16(22)21-8-11-6-7-14(18)13(11)9-21;/h2-5,11,13-14H,6-10,18H2,1H3;1H. The number of benzene rings is 1. The third kappa shape index (κ3) is 3.10. The number of sulfonamides is 1. The van der Waals surface area contributed by atoms with Crippen molar-refractivity contribution in [1.82, 2.24) is 9.80 Å². The summed E-state index contributed by atoms with van der Waals surface area (Å²) in [5.74, 6) is 1.24. The van der Waals surface area contributed by atoms with E-state index in [0.717, 1.165) is 19.4 Å². The summed E-state index contributed by atoms with van der Waals surface area (Å²) in [6, 6.07) is 6.90. The average molecular weight is 399 g/mol. The zero-order valence-corrected chi connectivity index (χ0v) is 16.2. The van der Waals surface area contributed by atoms with E-state index in [0.29, 0.717) is 29.8 Å². The highest BCUT2D eigenvalue weighted by Gasteiger charge is 2.42. The summed E-state index contributed by atoms with van der Waals surface area (Å²) in [6.45, 7) is 1.57. The molecule has 4 rings (SSSR count). The fraction of sp³-hybridized carbons (Fsp3) is 0.529. The van der Waals surface area contributed by atoms with Gasteiger partial charge in [0, 0.05) is 31.7 Å². The number of fused-ring (bicyclic) bond motifs is 2. The number of nitrogens with zero attached hydrogens (tertiary/aromatic N) is 3. The van der Waals surface area contributed by atoms with Crippen molar-refractivity contribution in [2.45, 2.75) is 23.8 Å². The molecule has 0 radical (unpaired) electrons. The van der Waals surface area contributed by atoms with Gasteiger partial charge in [-0.05, 0) is 36.8 Å². The molecule has 1 amide bonds. The van der Waals surface area contributed by atoms with E-state index in [1.54, 1.807) is 36.2 Å². The third-order valence-corrected chi connectivity index (χ3v) is 6.94. The summed E-state index contributed by atoms with van der Waals surface area (Å²) >= 11 is 0. The molecule has 1 saturated carbocycles. The quantitative estimate of drug-likeness (QED) is 0.790. The van der Waals surface area contributed by atoms with Gasteiger partial charge in [-0.2, -0.15) is 8.42 Å². The van der Waals surface area contributed by atoms with E-state index in [-0.39, 0.29) is 35.8 Å². The first-order chi connectivity index (χ1) is 11.9. The molecular weight excluding hydrogens is 376 g/mol. The van der Waals surface area contributed by atoms with Gasteiger partial charge < -0.3 is 15.5 Å². The first-order valence-electron chi connectivity index (χ1n) is 8.55. The van der Waals surface area contributed by atoms with Crippen LogP contribution in [0.3, 0.4) is 0 Å². The van der Waals surface area contributed by atoms with Crippen molar-refractivity contribution in [2.75, 3.05) is 26.7 Å². The molecule has 3 aliphatic rings. The van der Waals surface area contributed by atoms with Gasteiger partial charge in [0.1, 0.15) is 4.90 Å². The second kappa shape index (κ2) is 6.83. The normalized spacial score (nSPS) is 28.2. The first kappa shape index (κ1) is 19.1. The number of amides is 1. The van der Waals surface area contributed by atoms with Crippen LogP contribution in [0.1, 0.15) is 18.4 Å². The lowest BCUT2D eigenvalue weighted by Crippen LogP contribution is -2.41. The van der Waals surface area contributed by atoms with Crippen LogP contribution in [0, 0.1) is 11.8 Å². The lowest BCUT2D eigenvalue weighted by molar-refractivity contribution is -0.130. The maximum atomic E-state index is 12.7. The van der Waals surface area contributed by atoms with Crippen LogP contribution in [0.2, 0.25) is 0 Å². The number of hydrogen-bond donors (Lipinski definition) is 1. The Kier molecular flexibility index (Phi) is 5.02. The predicted molar refractivity (Wildman–Crippen MR) is 101 cm³/mol. The van der Waals surface area contributed by atoms with Gasteiger partial charge in [0.25, 0.3) is 10.0 Å². The number of amidine groups is 1. The van der Waals surface area contributed by atoms with E-state index in [2.05, 4.69) is 4.40 Å². The van der Waals surface area contributed by atoms with Gasteiger partial charge in [0.2, 0.25) is 5.91 Å². The van der Waals surface area contributed by atoms with Crippen LogP contribution in [-0.4, -0.2) is 62.7 Å². The van der Waals surface area contributed by atoms with Crippen LogP contribution >= 0.6 is 12.4 Å². The van der Waals surface area contributed by atoms with Crippen LogP contribution < -0.4 is 5.73 Å². The molecule has 2 N–H and O–H groups in total. The molecule has 1 saturated heterocycles. The minimum Gasteiger partial charge on any atom is -0.349 e. The second-order valence-corrected chi connectivity index (χ2v) is 8.78. The van der Waals surface area contributed by atoms with E-state index in [9.17, 15) is 13.2 Å². The van der Waals surface area contributed by atoms with E-state index >= 15 is 0 Å². The maximum Gasteiger partial charge on any atom is 0.285 e. The topological polar surface area (TPSA) is 96.1 Å². The number of rotatable bonds is 2. The molecule has 3 atom stereocenters. The van der Waals surface area contributed by atoms with Gasteiger partial charge in [-0.15, -0.1) is 16.8 Å². The molecule has 0 aromatic heterocycles. The third-order valence-electron chi connectivity index (χ3n) is 5.61. The van der Waals surface area contributed by atoms with Gasteiger partial charge in [-0.25, -0.2) is 0 Å². The van der Waals surface area contributed by atoms with Gasteiger partial charge in [-0.1, -0.05) is 12.1 Å². The molecule has 7 nitrogen and oxygen atoms in total. The fourth-order valence-corrected chi connectivity index (χ4v) is 5.50. The highest BCUT2D eigenvalue weighted by Crippen LogP contribution is 2.37. The Hall–Kier alpha value is -1.64. The lowest BCUT2D eigenvalue weighted by atomic mass is 9.98. The summed E-state index contributed by atoms with van der Waals surface area (Å²) in [5.41, 5.74) is 6.69. The highest BCUT2D eigenvalue weighted by atomic mass is 35.5. The Balaban J connectivity index is 0.00000196. The minimum atomic E-state index is -3.67. The van der Waals surface area contributed by atoms with Crippen LogP contribution in [0.15, 0.2) is 33.6 Å². The summed E-state index contributed by atoms with van der Waals surface area (Å²) in [7, 11) is -1.96. The molecular formula is C17H23ClN4O3S. The Morgan fingerprint density at radius 1 is 1.31 bits per heavy atom. The zero-order valence-electron chi connectivity index (χ0n) is 14.5. The van der Waals surface area contributed by atoms with Gasteiger partial charge in [0.15, 0.2) is 5.84 Å². The van der Waals surface area contributed by atoms with E-state index < -0.39 is 10.0 Å². The summed E-state index contributed by atoms with van der Waals surface area (Å²) in [6.07, 6.45) is 2.13. The smallest absolute Gasteiger partial charge is 0.285 e. The lowest BCUT2D eigenvalue weighted by Gasteiger charge is -2.24. The number of hydrogen-bond acceptors (Lipinski definition) is 5. The monoisotopic (exact) mass is 398 g/mol. The molecule has 3 unspecified atom stereocenters. The molecule has 9 heteroatoms. The molecule has 0 bridgehead atoms. The first-order valence-corrected chi connectivity index (χ1v) is 9.99. The SMILES string of the molecule is CN(CC(=O)N1CC2CCC(N)C2C1)C1=NS(=O)(=O)c2ccccc21.Cl.